The van der Waals surface area contributed by atoms with Gasteiger partial charge in [-0.3, -0.25) is 4.79 Å². The van der Waals surface area contributed by atoms with Gasteiger partial charge in [0.05, 0.1) is 5.56 Å². The van der Waals surface area contributed by atoms with Gasteiger partial charge in [-0.1, -0.05) is 13.8 Å². The predicted molar refractivity (Wildman–Crippen MR) is 69.9 cm³/mol. The fourth-order valence-corrected chi connectivity index (χ4v) is 1.29. The zero-order valence-electron chi connectivity index (χ0n) is 10.9. The van der Waals surface area contributed by atoms with E-state index in [1.54, 1.807) is 19.1 Å². The fourth-order valence-electron chi connectivity index (χ4n) is 1.29. The Hall–Kier alpha value is -2.09. The first-order valence-electron chi connectivity index (χ1n) is 5.93. The number of nitrogens with zero attached hydrogens (tertiary/aromatic N) is 2. The Labute approximate surface area is 107 Å². The molecule has 0 saturated heterocycles. The van der Waals surface area contributed by atoms with E-state index < -0.39 is 0 Å². The quantitative estimate of drug-likeness (QED) is 0.825. The van der Waals surface area contributed by atoms with Gasteiger partial charge < -0.3 is 10.6 Å². The number of carbonyl (C=O) groups is 1. The summed E-state index contributed by atoms with van der Waals surface area (Å²) in [5.74, 6) is 0.949. The van der Waals surface area contributed by atoms with Crippen molar-refractivity contribution in [2.24, 2.45) is 5.92 Å². The van der Waals surface area contributed by atoms with Crippen LogP contribution in [-0.2, 0) is 4.79 Å². The second-order valence-electron chi connectivity index (χ2n) is 4.55. The molecule has 1 atom stereocenters. The molecule has 5 nitrogen and oxygen atoms in total. The van der Waals surface area contributed by atoms with Crippen molar-refractivity contribution in [2.45, 2.75) is 26.8 Å². The lowest BCUT2D eigenvalue weighted by Crippen LogP contribution is -2.39. The molecular formula is C13H18N4O. The maximum absolute atomic E-state index is 11.7. The molecule has 1 unspecified atom stereocenters. The molecule has 1 aromatic rings. The Morgan fingerprint density at radius 2 is 2.17 bits per heavy atom. The molecule has 5 heteroatoms. The van der Waals surface area contributed by atoms with E-state index in [4.69, 9.17) is 5.26 Å². The van der Waals surface area contributed by atoms with Crippen molar-refractivity contribution in [3.05, 3.63) is 23.9 Å². The van der Waals surface area contributed by atoms with Gasteiger partial charge in [-0.15, -0.1) is 0 Å². The molecule has 0 aliphatic heterocycles. The van der Waals surface area contributed by atoms with Gasteiger partial charge >= 0.3 is 0 Å². The van der Waals surface area contributed by atoms with Crippen LogP contribution in [0.1, 0.15) is 26.3 Å². The normalized spacial score (nSPS) is 11.7. The van der Waals surface area contributed by atoms with E-state index in [2.05, 4.69) is 15.6 Å². The number of pyridine rings is 1. The lowest BCUT2D eigenvalue weighted by molar-refractivity contribution is -0.121. The van der Waals surface area contributed by atoms with E-state index in [-0.39, 0.29) is 11.9 Å². The van der Waals surface area contributed by atoms with E-state index in [1.165, 1.54) is 6.20 Å². The summed E-state index contributed by atoms with van der Waals surface area (Å²) in [6.07, 6.45) is 1.47. The molecule has 96 valence electrons. The summed E-state index contributed by atoms with van der Waals surface area (Å²) in [6.45, 7) is 6.52. The first-order chi connectivity index (χ1) is 8.52. The van der Waals surface area contributed by atoms with Gasteiger partial charge in [-0.2, -0.15) is 5.26 Å². The first kappa shape index (κ1) is 14.0. The minimum absolute atomic E-state index is 0.0603. The third-order valence-corrected chi connectivity index (χ3v) is 2.33. The third-order valence-electron chi connectivity index (χ3n) is 2.33. The molecule has 0 saturated carbocycles. The van der Waals surface area contributed by atoms with Crippen LogP contribution in [0.2, 0.25) is 0 Å². The van der Waals surface area contributed by atoms with E-state index in [9.17, 15) is 4.79 Å². The molecule has 0 aliphatic rings. The predicted octanol–water partition coefficient (Wildman–Crippen LogP) is 1.53. The van der Waals surface area contributed by atoms with Crippen LogP contribution in [0.3, 0.4) is 0 Å². The van der Waals surface area contributed by atoms with Gasteiger partial charge in [-0.25, -0.2) is 4.98 Å². The molecule has 1 aromatic heterocycles. The molecule has 0 aromatic carbocycles. The second-order valence-corrected chi connectivity index (χ2v) is 4.55. The minimum Gasteiger partial charge on any atom is -0.359 e. The number of anilines is 1. The highest BCUT2D eigenvalue weighted by atomic mass is 16.2. The first-order valence-corrected chi connectivity index (χ1v) is 5.93. The number of nitriles is 1. The molecular weight excluding hydrogens is 228 g/mol. The number of carbonyl (C=O) groups excluding carboxylic acids is 1. The molecule has 0 spiro atoms. The molecule has 0 fully saturated rings. The molecule has 1 amide bonds. The van der Waals surface area contributed by atoms with Crippen molar-refractivity contribution in [1.82, 2.24) is 10.3 Å². The standard InChI is InChI=1S/C13H18N4O/c1-9(2)7-16-13(18)10(3)17-12-5-4-11(6-14)8-15-12/h4-5,8-10H,7H2,1-3H3,(H,15,17)(H,16,18). The van der Waals surface area contributed by atoms with Gasteiger partial charge in [0.1, 0.15) is 17.9 Å². The zero-order chi connectivity index (χ0) is 13.5. The van der Waals surface area contributed by atoms with Gasteiger partial charge in [0.15, 0.2) is 0 Å². The number of hydrogen-bond donors (Lipinski definition) is 2. The SMILES string of the molecule is CC(C)CNC(=O)C(C)Nc1ccc(C#N)cn1. The largest absolute Gasteiger partial charge is 0.359 e. The monoisotopic (exact) mass is 246 g/mol. The zero-order valence-corrected chi connectivity index (χ0v) is 10.9. The molecule has 18 heavy (non-hydrogen) atoms. The average Bonchev–Trinajstić information content (AvgIpc) is 2.36. The van der Waals surface area contributed by atoms with Crippen molar-refractivity contribution in [3.8, 4) is 6.07 Å². The molecule has 1 rings (SSSR count). The molecule has 2 N–H and O–H groups in total. The van der Waals surface area contributed by atoms with Crippen molar-refractivity contribution in [2.75, 3.05) is 11.9 Å². The average molecular weight is 246 g/mol. The summed E-state index contributed by atoms with van der Waals surface area (Å²) in [4.78, 5) is 15.8. The van der Waals surface area contributed by atoms with E-state index in [1.807, 2.05) is 19.9 Å². The summed E-state index contributed by atoms with van der Waals surface area (Å²) in [6, 6.07) is 4.98. The minimum atomic E-state index is -0.357. The maximum atomic E-state index is 11.7. The van der Waals surface area contributed by atoms with Crippen LogP contribution in [0.25, 0.3) is 0 Å². The lowest BCUT2D eigenvalue weighted by Gasteiger charge is -2.15. The summed E-state index contributed by atoms with van der Waals surface area (Å²) >= 11 is 0. The molecule has 0 bridgehead atoms. The summed E-state index contributed by atoms with van der Waals surface area (Å²) in [5.41, 5.74) is 0.498. The highest BCUT2D eigenvalue weighted by Gasteiger charge is 2.12. The van der Waals surface area contributed by atoms with Crippen LogP contribution in [0.5, 0.6) is 0 Å². The summed E-state index contributed by atoms with van der Waals surface area (Å²) in [5, 5.41) is 14.5. The number of aromatic nitrogens is 1. The van der Waals surface area contributed by atoms with Gasteiger partial charge in [-0.05, 0) is 25.0 Å². The van der Waals surface area contributed by atoms with Crippen molar-refractivity contribution in [1.29, 1.82) is 5.26 Å². The maximum Gasteiger partial charge on any atom is 0.242 e. The smallest absolute Gasteiger partial charge is 0.242 e. The van der Waals surface area contributed by atoms with Crippen LogP contribution in [0, 0.1) is 17.2 Å². The third kappa shape index (κ3) is 4.42. The van der Waals surface area contributed by atoms with E-state index in [0.717, 1.165) is 0 Å². The number of nitrogens with one attached hydrogen (secondary N) is 2. The Balaban J connectivity index is 2.50. The highest BCUT2D eigenvalue weighted by molar-refractivity contribution is 5.83. The van der Waals surface area contributed by atoms with Crippen molar-refractivity contribution in [3.63, 3.8) is 0 Å². The van der Waals surface area contributed by atoms with Crippen LogP contribution < -0.4 is 10.6 Å². The lowest BCUT2D eigenvalue weighted by atomic mass is 10.2. The highest BCUT2D eigenvalue weighted by Crippen LogP contribution is 2.05. The fraction of sp³-hybridized carbons (Fsp3) is 0.462. The number of amides is 1. The Morgan fingerprint density at radius 3 is 2.67 bits per heavy atom. The van der Waals surface area contributed by atoms with Crippen molar-refractivity contribution >= 4 is 11.7 Å². The molecule has 0 aliphatic carbocycles. The Morgan fingerprint density at radius 1 is 1.44 bits per heavy atom. The van der Waals surface area contributed by atoms with Crippen molar-refractivity contribution < 1.29 is 4.79 Å². The van der Waals surface area contributed by atoms with E-state index in [0.29, 0.717) is 23.8 Å². The van der Waals surface area contributed by atoms with Crippen LogP contribution in [0.4, 0.5) is 5.82 Å². The summed E-state index contributed by atoms with van der Waals surface area (Å²) in [7, 11) is 0. The topological polar surface area (TPSA) is 77.8 Å². The van der Waals surface area contributed by atoms with Gasteiger partial charge in [0.2, 0.25) is 5.91 Å². The van der Waals surface area contributed by atoms with Crippen LogP contribution >= 0.6 is 0 Å². The molecule has 1 heterocycles. The Kier molecular flexibility index (Phi) is 5.12. The second kappa shape index (κ2) is 6.60. The number of hydrogen-bond acceptors (Lipinski definition) is 4. The van der Waals surface area contributed by atoms with Crippen LogP contribution in [0.15, 0.2) is 18.3 Å². The number of rotatable bonds is 5. The Bertz CT molecular complexity index is 433. The summed E-state index contributed by atoms with van der Waals surface area (Å²) < 4.78 is 0. The molecule has 0 radical (unpaired) electrons. The van der Waals surface area contributed by atoms with Gasteiger partial charge in [0.25, 0.3) is 0 Å². The van der Waals surface area contributed by atoms with Crippen LogP contribution in [-0.4, -0.2) is 23.5 Å². The van der Waals surface area contributed by atoms with E-state index >= 15 is 0 Å². The van der Waals surface area contributed by atoms with Gasteiger partial charge in [0, 0.05) is 12.7 Å².